The van der Waals surface area contributed by atoms with Gasteiger partial charge in [-0.15, -0.1) is 0 Å². The minimum atomic E-state index is -0.331. The molecule has 0 bridgehead atoms. The Hall–Kier alpha value is -3.06. The molecule has 3 rings (SSSR count). The van der Waals surface area contributed by atoms with Crippen LogP contribution in [0.25, 0.3) is 0 Å². The van der Waals surface area contributed by atoms with Crippen molar-refractivity contribution in [2.75, 3.05) is 54.8 Å². The molecule has 3 N–H and O–H groups in total. The highest BCUT2D eigenvalue weighted by Gasteiger charge is 2.20. The Balaban J connectivity index is 1.72. The molecule has 3 amide bonds. The Bertz CT molecular complexity index is 935. The number of anilines is 3. The molecule has 0 saturated carbocycles. The van der Waals surface area contributed by atoms with Crippen LogP contribution in [-0.4, -0.2) is 56.1 Å². The van der Waals surface area contributed by atoms with E-state index in [-0.39, 0.29) is 11.9 Å². The molecule has 0 unspecified atom stereocenters. The lowest BCUT2D eigenvalue weighted by molar-refractivity contribution is 0.0949. The first-order valence-electron chi connectivity index (χ1n) is 12.6. The molecule has 0 atom stereocenters. The molecule has 7 nitrogen and oxygen atoms in total. The van der Waals surface area contributed by atoms with Crippen molar-refractivity contribution >= 4 is 29.0 Å². The molecule has 7 heteroatoms. The van der Waals surface area contributed by atoms with E-state index in [2.05, 4.69) is 46.5 Å². The number of amides is 3. The summed E-state index contributed by atoms with van der Waals surface area (Å²) in [6.07, 6.45) is 4.43. The van der Waals surface area contributed by atoms with Crippen LogP contribution in [0.2, 0.25) is 0 Å². The third-order valence-corrected chi connectivity index (χ3v) is 6.42. The summed E-state index contributed by atoms with van der Waals surface area (Å²) in [6, 6.07) is 13.1. The van der Waals surface area contributed by atoms with Crippen molar-refractivity contribution in [3.63, 3.8) is 0 Å². The van der Waals surface area contributed by atoms with Crippen LogP contribution < -0.4 is 20.9 Å². The van der Waals surface area contributed by atoms with Gasteiger partial charge in [-0.2, -0.15) is 0 Å². The number of likely N-dealkylation sites (N-methyl/N-ethyl adjacent to an activating group) is 1. The number of piperidine rings is 1. The van der Waals surface area contributed by atoms with Gasteiger partial charge in [-0.3, -0.25) is 4.79 Å². The molecule has 2 aromatic rings. The number of rotatable bonds is 10. The quantitative estimate of drug-likeness (QED) is 0.464. The van der Waals surface area contributed by atoms with Crippen LogP contribution in [-0.2, 0) is 6.42 Å². The van der Waals surface area contributed by atoms with E-state index in [0.29, 0.717) is 17.8 Å². The fourth-order valence-corrected chi connectivity index (χ4v) is 4.29. The van der Waals surface area contributed by atoms with Crippen molar-refractivity contribution in [1.82, 2.24) is 10.2 Å². The number of hydrogen-bond donors (Lipinski definition) is 3. The molecule has 1 aliphatic heterocycles. The van der Waals surface area contributed by atoms with Gasteiger partial charge in [0.15, 0.2) is 0 Å². The number of benzene rings is 2. The van der Waals surface area contributed by atoms with Crippen LogP contribution >= 0.6 is 0 Å². The standard InChI is InChI=1S/C27H39N5O2/c1-4-21-10-12-22(13-11-21)29-27(34)30-23-14-15-25(32-17-8-7-9-18-32)24(20-23)26(33)28-16-19-31(5-2)6-3/h10-15,20H,4-9,16-19H2,1-3H3,(H,28,33)(H2,29,30,34). The van der Waals surface area contributed by atoms with Crippen LogP contribution in [0.3, 0.4) is 0 Å². The summed E-state index contributed by atoms with van der Waals surface area (Å²) in [7, 11) is 0. The van der Waals surface area contributed by atoms with E-state index in [1.807, 2.05) is 36.4 Å². The minimum absolute atomic E-state index is 0.105. The highest BCUT2D eigenvalue weighted by molar-refractivity contribution is 6.04. The van der Waals surface area contributed by atoms with Gasteiger partial charge >= 0.3 is 6.03 Å². The topological polar surface area (TPSA) is 76.7 Å². The summed E-state index contributed by atoms with van der Waals surface area (Å²) < 4.78 is 0. The van der Waals surface area contributed by atoms with Crippen molar-refractivity contribution in [2.24, 2.45) is 0 Å². The van der Waals surface area contributed by atoms with Gasteiger partial charge < -0.3 is 25.8 Å². The average molecular weight is 466 g/mol. The van der Waals surface area contributed by atoms with Gasteiger partial charge in [-0.25, -0.2) is 4.79 Å². The Morgan fingerprint density at radius 1 is 0.882 bits per heavy atom. The van der Waals surface area contributed by atoms with E-state index in [0.717, 1.165) is 63.4 Å². The monoisotopic (exact) mass is 465 g/mol. The van der Waals surface area contributed by atoms with Gasteiger partial charge in [-0.05, 0) is 74.7 Å². The van der Waals surface area contributed by atoms with Crippen LogP contribution in [0.4, 0.5) is 21.9 Å². The highest BCUT2D eigenvalue weighted by Crippen LogP contribution is 2.27. The molecule has 2 aromatic carbocycles. The fourth-order valence-electron chi connectivity index (χ4n) is 4.29. The van der Waals surface area contributed by atoms with E-state index in [9.17, 15) is 9.59 Å². The van der Waals surface area contributed by atoms with Crippen LogP contribution in [0.1, 0.15) is 56.0 Å². The number of nitrogens with zero attached hydrogens (tertiary/aromatic N) is 2. The van der Waals surface area contributed by atoms with E-state index < -0.39 is 0 Å². The summed E-state index contributed by atoms with van der Waals surface area (Å²) in [6.45, 7) is 11.6. The number of aryl methyl sites for hydroxylation is 1. The number of nitrogens with one attached hydrogen (secondary N) is 3. The minimum Gasteiger partial charge on any atom is -0.371 e. The lowest BCUT2D eigenvalue weighted by atomic mass is 10.1. The number of carbonyl (C=O) groups excluding carboxylic acids is 2. The van der Waals surface area contributed by atoms with Crippen LogP contribution in [0, 0.1) is 0 Å². The zero-order valence-electron chi connectivity index (χ0n) is 20.8. The van der Waals surface area contributed by atoms with Crippen LogP contribution in [0.5, 0.6) is 0 Å². The van der Waals surface area contributed by atoms with E-state index in [1.165, 1.54) is 12.0 Å². The Kier molecular flexibility index (Phi) is 9.76. The Morgan fingerprint density at radius 2 is 1.53 bits per heavy atom. The lowest BCUT2D eigenvalue weighted by Gasteiger charge is -2.30. The number of hydrogen-bond acceptors (Lipinski definition) is 4. The summed E-state index contributed by atoms with van der Waals surface area (Å²) in [4.78, 5) is 30.3. The molecular formula is C27H39N5O2. The van der Waals surface area contributed by atoms with Gasteiger partial charge in [0.05, 0.1) is 5.56 Å². The normalized spacial score (nSPS) is 13.6. The molecule has 0 spiro atoms. The first-order valence-corrected chi connectivity index (χ1v) is 12.6. The van der Waals surface area contributed by atoms with E-state index in [1.54, 1.807) is 6.07 Å². The molecule has 1 fully saturated rings. The van der Waals surface area contributed by atoms with Gasteiger partial charge in [0.25, 0.3) is 5.91 Å². The second-order valence-corrected chi connectivity index (χ2v) is 8.69. The van der Waals surface area contributed by atoms with Gasteiger partial charge in [-0.1, -0.05) is 32.9 Å². The zero-order chi connectivity index (χ0) is 24.3. The lowest BCUT2D eigenvalue weighted by Crippen LogP contribution is -2.36. The Labute approximate surface area is 203 Å². The SMILES string of the molecule is CCc1ccc(NC(=O)Nc2ccc(N3CCCCC3)c(C(=O)NCCN(CC)CC)c2)cc1. The number of urea groups is 1. The fraction of sp³-hybridized carbons (Fsp3) is 0.481. The van der Waals surface area contributed by atoms with E-state index in [4.69, 9.17) is 0 Å². The van der Waals surface area contributed by atoms with Crippen molar-refractivity contribution in [3.8, 4) is 0 Å². The summed E-state index contributed by atoms with van der Waals surface area (Å²) in [5.41, 5.74) is 4.08. The summed E-state index contributed by atoms with van der Waals surface area (Å²) in [5.74, 6) is -0.105. The predicted molar refractivity (Wildman–Crippen MR) is 141 cm³/mol. The van der Waals surface area contributed by atoms with Crippen molar-refractivity contribution in [1.29, 1.82) is 0 Å². The van der Waals surface area contributed by atoms with Crippen molar-refractivity contribution < 1.29 is 9.59 Å². The molecule has 0 aliphatic carbocycles. The van der Waals surface area contributed by atoms with Gasteiger partial charge in [0.1, 0.15) is 0 Å². The summed E-state index contributed by atoms with van der Waals surface area (Å²) >= 11 is 0. The van der Waals surface area contributed by atoms with E-state index >= 15 is 0 Å². The maximum atomic E-state index is 13.2. The van der Waals surface area contributed by atoms with Crippen molar-refractivity contribution in [2.45, 2.75) is 46.5 Å². The largest absolute Gasteiger partial charge is 0.371 e. The third-order valence-electron chi connectivity index (χ3n) is 6.42. The number of carbonyl (C=O) groups is 2. The van der Waals surface area contributed by atoms with Gasteiger partial charge in [0, 0.05) is 43.2 Å². The molecule has 1 heterocycles. The molecule has 184 valence electrons. The summed E-state index contributed by atoms with van der Waals surface area (Å²) in [5, 5.41) is 8.81. The molecule has 0 aromatic heterocycles. The van der Waals surface area contributed by atoms with Gasteiger partial charge in [0.2, 0.25) is 0 Å². The second kappa shape index (κ2) is 13.0. The molecule has 1 aliphatic rings. The predicted octanol–water partition coefficient (Wildman–Crippen LogP) is 4.95. The maximum Gasteiger partial charge on any atom is 0.323 e. The molecular weight excluding hydrogens is 426 g/mol. The zero-order valence-corrected chi connectivity index (χ0v) is 20.8. The smallest absolute Gasteiger partial charge is 0.323 e. The highest BCUT2D eigenvalue weighted by atomic mass is 16.2. The van der Waals surface area contributed by atoms with Crippen LogP contribution in [0.15, 0.2) is 42.5 Å². The molecule has 0 radical (unpaired) electrons. The molecule has 1 saturated heterocycles. The van der Waals surface area contributed by atoms with Crippen molar-refractivity contribution in [3.05, 3.63) is 53.6 Å². The first kappa shape index (κ1) is 25.6. The second-order valence-electron chi connectivity index (χ2n) is 8.69. The molecule has 34 heavy (non-hydrogen) atoms. The average Bonchev–Trinajstić information content (AvgIpc) is 2.87. The maximum absolute atomic E-state index is 13.2. The Morgan fingerprint density at radius 3 is 2.18 bits per heavy atom. The first-order chi connectivity index (χ1) is 16.5. The third kappa shape index (κ3) is 7.22.